The normalized spacial score (nSPS) is 12.0. The first-order valence-electron chi connectivity index (χ1n) is 5.14. The van der Waals surface area contributed by atoms with E-state index >= 15 is 0 Å². The number of amides is 2. The predicted molar refractivity (Wildman–Crippen MR) is 64.4 cm³/mol. The van der Waals surface area contributed by atoms with Gasteiger partial charge in [-0.2, -0.15) is 21.6 Å². The first kappa shape index (κ1) is 16.2. The van der Waals surface area contributed by atoms with Gasteiger partial charge in [0.1, 0.15) is 5.88 Å². The molecular formula is C10H11F3N2O4S. The van der Waals surface area contributed by atoms with E-state index in [0.717, 1.165) is 31.4 Å². The Morgan fingerprint density at radius 3 is 2.25 bits per heavy atom. The molecule has 0 atom stereocenters. The van der Waals surface area contributed by atoms with E-state index in [-0.39, 0.29) is 5.69 Å². The summed E-state index contributed by atoms with van der Waals surface area (Å²) in [4.78, 5) is 11.3. The lowest BCUT2D eigenvalue weighted by Crippen LogP contribution is -2.33. The Labute approximate surface area is 113 Å². The van der Waals surface area contributed by atoms with Crippen LogP contribution in [0.5, 0.6) is 0 Å². The number of alkyl halides is 3. The van der Waals surface area contributed by atoms with Gasteiger partial charge < -0.3 is 10.6 Å². The van der Waals surface area contributed by atoms with Crippen LogP contribution in [-0.2, 0) is 20.5 Å². The minimum atomic E-state index is -4.46. The monoisotopic (exact) mass is 312 g/mol. The lowest BCUT2D eigenvalue weighted by Gasteiger charge is -2.09. The first-order valence-corrected chi connectivity index (χ1v) is 6.72. The minimum absolute atomic E-state index is 0.0883. The highest BCUT2D eigenvalue weighted by molar-refractivity contribution is 7.86. The zero-order valence-corrected chi connectivity index (χ0v) is 11.0. The van der Waals surface area contributed by atoms with E-state index < -0.39 is 33.8 Å². The Hall–Kier alpha value is -1.81. The molecule has 0 bridgehead atoms. The third-order valence-corrected chi connectivity index (χ3v) is 3.14. The molecule has 20 heavy (non-hydrogen) atoms. The van der Waals surface area contributed by atoms with Crippen LogP contribution in [0.3, 0.4) is 0 Å². The van der Waals surface area contributed by atoms with Gasteiger partial charge in [0.25, 0.3) is 10.1 Å². The molecule has 0 spiro atoms. The quantitative estimate of drug-likeness (QED) is 0.830. The average molecular weight is 312 g/mol. The fourth-order valence-corrected chi connectivity index (χ4v) is 1.56. The molecule has 0 saturated carbocycles. The van der Waals surface area contributed by atoms with Crippen molar-refractivity contribution in [3.63, 3.8) is 0 Å². The molecule has 0 aliphatic heterocycles. The Bertz CT molecular complexity index is 569. The molecule has 0 aliphatic rings. The summed E-state index contributed by atoms with van der Waals surface area (Å²) >= 11 is 0. The fraction of sp³-hybridized carbons (Fsp3) is 0.300. The maximum Gasteiger partial charge on any atom is 0.416 e. The second-order valence-corrected chi connectivity index (χ2v) is 5.31. The molecule has 1 aromatic carbocycles. The highest BCUT2D eigenvalue weighted by atomic mass is 32.2. The summed E-state index contributed by atoms with van der Waals surface area (Å²) in [6.45, 7) is 0. The van der Waals surface area contributed by atoms with Crippen molar-refractivity contribution in [2.75, 3.05) is 18.3 Å². The lowest BCUT2D eigenvalue weighted by atomic mass is 10.2. The molecule has 0 aromatic heterocycles. The first-order chi connectivity index (χ1) is 9.14. The Balaban J connectivity index is 2.59. The van der Waals surface area contributed by atoms with E-state index in [2.05, 4.69) is 9.50 Å². The summed E-state index contributed by atoms with van der Waals surface area (Å²) in [6.07, 6.45) is -4.46. The van der Waals surface area contributed by atoms with E-state index in [1.165, 1.54) is 0 Å². The van der Waals surface area contributed by atoms with E-state index in [9.17, 15) is 26.4 Å². The van der Waals surface area contributed by atoms with Crippen LogP contribution in [0.1, 0.15) is 5.56 Å². The largest absolute Gasteiger partial charge is 0.416 e. The summed E-state index contributed by atoms with van der Waals surface area (Å²) in [7, 11) is -2.92. The van der Waals surface area contributed by atoms with Crippen LogP contribution in [0.25, 0.3) is 0 Å². The summed E-state index contributed by atoms with van der Waals surface area (Å²) in [5.41, 5.74) is -0.768. The van der Waals surface area contributed by atoms with Crippen molar-refractivity contribution in [3.05, 3.63) is 29.8 Å². The van der Waals surface area contributed by atoms with Crippen LogP contribution < -0.4 is 10.6 Å². The highest BCUT2D eigenvalue weighted by Gasteiger charge is 2.29. The Morgan fingerprint density at radius 2 is 1.80 bits per heavy atom. The molecule has 0 radical (unpaired) electrons. The fourth-order valence-electron chi connectivity index (χ4n) is 1.13. The Morgan fingerprint density at radius 1 is 1.25 bits per heavy atom. The van der Waals surface area contributed by atoms with Gasteiger partial charge in [0, 0.05) is 5.69 Å². The molecule has 2 N–H and O–H groups in total. The van der Waals surface area contributed by atoms with Crippen molar-refractivity contribution in [1.82, 2.24) is 5.32 Å². The van der Waals surface area contributed by atoms with Gasteiger partial charge in [0.05, 0.1) is 12.7 Å². The smallest absolute Gasteiger partial charge is 0.321 e. The van der Waals surface area contributed by atoms with Gasteiger partial charge in [-0.05, 0) is 24.3 Å². The lowest BCUT2D eigenvalue weighted by molar-refractivity contribution is -0.137. The second-order valence-electron chi connectivity index (χ2n) is 3.57. The summed E-state index contributed by atoms with van der Waals surface area (Å²) in [5, 5.41) is 4.16. The maximum absolute atomic E-state index is 12.3. The molecule has 1 rings (SSSR count). The van der Waals surface area contributed by atoms with Crippen LogP contribution in [0.15, 0.2) is 24.3 Å². The number of benzene rings is 1. The van der Waals surface area contributed by atoms with Crippen LogP contribution in [0.4, 0.5) is 23.7 Å². The number of nitrogens with one attached hydrogen (secondary N) is 2. The minimum Gasteiger partial charge on any atom is -0.321 e. The van der Waals surface area contributed by atoms with Crippen molar-refractivity contribution >= 4 is 21.8 Å². The summed E-state index contributed by atoms with van der Waals surface area (Å²) in [5.74, 6) is -0.754. The molecule has 0 saturated heterocycles. The van der Waals surface area contributed by atoms with Gasteiger partial charge in [-0.15, -0.1) is 0 Å². The van der Waals surface area contributed by atoms with Crippen molar-refractivity contribution in [2.24, 2.45) is 0 Å². The van der Waals surface area contributed by atoms with Crippen molar-refractivity contribution in [3.8, 4) is 0 Å². The van der Waals surface area contributed by atoms with Gasteiger partial charge in [0.2, 0.25) is 0 Å². The number of hydrogen-bond acceptors (Lipinski definition) is 4. The molecule has 0 unspecified atom stereocenters. The Kier molecular flexibility index (Phi) is 4.95. The summed E-state index contributed by atoms with van der Waals surface area (Å²) in [6, 6.07) is 2.80. The molecule has 0 fully saturated rings. The number of carbonyl (C=O) groups is 1. The molecule has 0 aliphatic carbocycles. The molecule has 112 valence electrons. The zero-order valence-electron chi connectivity index (χ0n) is 10.2. The SMILES string of the molecule is COS(=O)(=O)CNC(=O)Nc1ccc(C(F)(F)F)cc1. The van der Waals surface area contributed by atoms with Crippen LogP contribution in [0, 0.1) is 0 Å². The number of hydrogen-bond donors (Lipinski definition) is 2. The summed E-state index contributed by atoms with van der Waals surface area (Å²) < 4.78 is 62.8. The number of urea groups is 1. The van der Waals surface area contributed by atoms with E-state index in [4.69, 9.17) is 0 Å². The van der Waals surface area contributed by atoms with Crippen molar-refractivity contribution < 1.29 is 30.6 Å². The standard InChI is InChI=1S/C10H11F3N2O4S/c1-19-20(17,18)6-14-9(16)15-8-4-2-7(3-5-8)10(11,12)13/h2-5H,6H2,1H3,(H2,14,15,16). The van der Waals surface area contributed by atoms with Crippen LogP contribution in [-0.4, -0.2) is 27.4 Å². The van der Waals surface area contributed by atoms with Gasteiger partial charge >= 0.3 is 12.2 Å². The maximum atomic E-state index is 12.3. The second kappa shape index (κ2) is 6.09. The van der Waals surface area contributed by atoms with E-state index in [1.54, 1.807) is 0 Å². The van der Waals surface area contributed by atoms with E-state index in [1.807, 2.05) is 5.32 Å². The number of anilines is 1. The molecule has 1 aromatic rings. The average Bonchev–Trinajstić information content (AvgIpc) is 2.36. The zero-order chi connectivity index (χ0) is 15.4. The molecule has 6 nitrogen and oxygen atoms in total. The number of carbonyl (C=O) groups excluding carboxylic acids is 1. The molecule has 10 heteroatoms. The number of halogens is 3. The topological polar surface area (TPSA) is 84.5 Å². The third kappa shape index (κ3) is 5.05. The predicted octanol–water partition coefficient (Wildman–Crippen LogP) is 1.76. The van der Waals surface area contributed by atoms with Crippen LogP contribution >= 0.6 is 0 Å². The molecular weight excluding hydrogens is 301 g/mol. The van der Waals surface area contributed by atoms with Gasteiger partial charge in [-0.3, -0.25) is 4.18 Å². The van der Waals surface area contributed by atoms with Gasteiger partial charge in [0.15, 0.2) is 0 Å². The molecule has 2 amide bonds. The van der Waals surface area contributed by atoms with E-state index in [0.29, 0.717) is 0 Å². The van der Waals surface area contributed by atoms with Gasteiger partial charge in [-0.1, -0.05) is 0 Å². The third-order valence-electron chi connectivity index (χ3n) is 2.13. The van der Waals surface area contributed by atoms with Crippen molar-refractivity contribution in [1.29, 1.82) is 0 Å². The number of rotatable bonds is 4. The highest BCUT2D eigenvalue weighted by Crippen LogP contribution is 2.29. The molecule has 0 heterocycles. The van der Waals surface area contributed by atoms with Crippen molar-refractivity contribution in [2.45, 2.75) is 6.18 Å². The van der Waals surface area contributed by atoms with Crippen LogP contribution in [0.2, 0.25) is 0 Å². The van der Waals surface area contributed by atoms with Gasteiger partial charge in [-0.25, -0.2) is 4.79 Å².